The van der Waals surface area contributed by atoms with Crippen molar-refractivity contribution in [3.8, 4) is 11.4 Å². The Morgan fingerprint density at radius 3 is 2.52 bits per heavy atom. The highest BCUT2D eigenvalue weighted by atomic mass is 16.6. The molecular formula is C32H35N3O5. The van der Waals surface area contributed by atoms with Gasteiger partial charge in [0, 0.05) is 34.5 Å². The SMILES string of the molecule is CC12C=CC(=O)C=C1CCC1C2CCC2(C)C1CC[C@]2(O)C(=O)COC(=O)Nc1ccc(-c2ncccn2)cc1. The molecule has 4 aliphatic rings. The molecule has 8 heteroatoms. The summed E-state index contributed by atoms with van der Waals surface area (Å²) >= 11 is 0. The Morgan fingerprint density at radius 2 is 1.77 bits per heavy atom. The van der Waals surface area contributed by atoms with Crippen LogP contribution >= 0.6 is 0 Å². The molecule has 1 amide bonds. The summed E-state index contributed by atoms with van der Waals surface area (Å²) in [7, 11) is 0. The number of hydrogen-bond donors (Lipinski definition) is 2. The number of aromatic nitrogens is 2. The maximum Gasteiger partial charge on any atom is 0.412 e. The topological polar surface area (TPSA) is 118 Å². The van der Waals surface area contributed by atoms with Gasteiger partial charge in [0.2, 0.25) is 5.78 Å². The van der Waals surface area contributed by atoms with Crippen LogP contribution in [0.15, 0.2) is 66.5 Å². The van der Waals surface area contributed by atoms with Crippen molar-refractivity contribution in [2.24, 2.45) is 28.6 Å². The van der Waals surface area contributed by atoms with Crippen molar-refractivity contribution in [1.29, 1.82) is 0 Å². The largest absolute Gasteiger partial charge is 0.441 e. The van der Waals surface area contributed by atoms with Gasteiger partial charge >= 0.3 is 6.09 Å². The van der Waals surface area contributed by atoms with Crippen LogP contribution in [-0.2, 0) is 14.3 Å². The summed E-state index contributed by atoms with van der Waals surface area (Å²) < 4.78 is 5.30. The summed E-state index contributed by atoms with van der Waals surface area (Å²) in [6.07, 6.45) is 12.7. The van der Waals surface area contributed by atoms with Gasteiger partial charge in [0.1, 0.15) is 5.60 Å². The van der Waals surface area contributed by atoms with E-state index in [0.717, 1.165) is 37.7 Å². The minimum absolute atomic E-state index is 0.0650. The number of nitrogens with zero attached hydrogens (tertiary/aromatic N) is 2. The molecule has 5 unspecified atom stereocenters. The van der Waals surface area contributed by atoms with Gasteiger partial charge in [-0.3, -0.25) is 14.9 Å². The lowest BCUT2D eigenvalue weighted by atomic mass is 9.47. The molecule has 0 bridgehead atoms. The second-order valence-corrected chi connectivity index (χ2v) is 12.2. The summed E-state index contributed by atoms with van der Waals surface area (Å²) in [5.74, 6) is 1.16. The van der Waals surface area contributed by atoms with Crippen LogP contribution in [0.4, 0.5) is 10.5 Å². The van der Waals surface area contributed by atoms with Gasteiger partial charge in [-0.1, -0.05) is 25.5 Å². The summed E-state index contributed by atoms with van der Waals surface area (Å²) in [6, 6.07) is 8.75. The number of ether oxygens (including phenoxy) is 1. The molecule has 3 saturated carbocycles. The second kappa shape index (κ2) is 9.77. The minimum Gasteiger partial charge on any atom is -0.441 e. The Balaban J connectivity index is 1.09. The van der Waals surface area contributed by atoms with Crippen LogP contribution in [0.1, 0.15) is 52.4 Å². The molecule has 6 rings (SSSR count). The summed E-state index contributed by atoms with van der Waals surface area (Å²) in [5, 5.41) is 14.5. The summed E-state index contributed by atoms with van der Waals surface area (Å²) in [4.78, 5) is 46.4. The summed E-state index contributed by atoms with van der Waals surface area (Å²) in [6.45, 7) is 3.80. The molecular weight excluding hydrogens is 506 g/mol. The van der Waals surface area contributed by atoms with Crippen LogP contribution < -0.4 is 5.32 Å². The highest BCUT2D eigenvalue weighted by Crippen LogP contribution is 2.67. The van der Waals surface area contributed by atoms with Crippen LogP contribution in [0.2, 0.25) is 0 Å². The number of ketones is 2. The minimum atomic E-state index is -1.53. The average molecular weight is 542 g/mol. The van der Waals surface area contributed by atoms with Gasteiger partial charge in [0.25, 0.3) is 0 Å². The molecule has 0 radical (unpaired) electrons. The van der Waals surface area contributed by atoms with E-state index in [-0.39, 0.29) is 17.1 Å². The molecule has 1 heterocycles. The molecule has 0 saturated heterocycles. The Labute approximate surface area is 233 Å². The van der Waals surface area contributed by atoms with Crippen molar-refractivity contribution in [3.63, 3.8) is 0 Å². The molecule has 3 fully saturated rings. The lowest BCUT2D eigenvalue weighted by Crippen LogP contribution is -2.58. The van der Waals surface area contributed by atoms with Crippen molar-refractivity contribution in [3.05, 3.63) is 66.5 Å². The monoisotopic (exact) mass is 541 g/mol. The van der Waals surface area contributed by atoms with E-state index in [1.54, 1.807) is 48.8 Å². The first-order valence-corrected chi connectivity index (χ1v) is 14.2. The second-order valence-electron chi connectivity index (χ2n) is 12.2. The first-order chi connectivity index (χ1) is 19.1. The quantitative estimate of drug-likeness (QED) is 0.527. The number of anilines is 1. The fourth-order valence-corrected chi connectivity index (χ4v) is 8.23. The molecule has 4 aliphatic carbocycles. The van der Waals surface area contributed by atoms with Crippen molar-refractivity contribution in [2.75, 3.05) is 11.9 Å². The highest BCUT2D eigenvalue weighted by Gasteiger charge is 2.66. The molecule has 0 aliphatic heterocycles. The molecule has 1 aromatic heterocycles. The van der Waals surface area contributed by atoms with Gasteiger partial charge in [-0.2, -0.15) is 0 Å². The third-order valence-electron chi connectivity index (χ3n) is 10.5. The number of rotatable bonds is 5. The standard InChI is InChI=1S/C32H35N3O5/c1-30-13-10-23(36)18-21(30)6-9-24-25(30)11-14-31(2)26(24)12-15-32(31,39)27(37)19-40-29(38)35-22-7-4-20(5-8-22)28-33-16-3-17-34-28/h3-5,7-8,10,13,16-18,24-26,39H,6,9,11-12,14-15,19H2,1-2H3,(H,35,38)/t24?,25?,26?,30?,31?,32-/m0/s1. The summed E-state index contributed by atoms with van der Waals surface area (Å²) in [5.41, 5.74) is 0.289. The van der Waals surface area contributed by atoms with E-state index in [9.17, 15) is 19.5 Å². The van der Waals surface area contributed by atoms with E-state index >= 15 is 0 Å². The van der Waals surface area contributed by atoms with Gasteiger partial charge in [-0.15, -0.1) is 0 Å². The molecule has 6 atom stereocenters. The van der Waals surface area contributed by atoms with Crippen LogP contribution in [0.3, 0.4) is 0 Å². The molecule has 208 valence electrons. The molecule has 8 nitrogen and oxygen atoms in total. The molecule has 40 heavy (non-hydrogen) atoms. The smallest absolute Gasteiger partial charge is 0.412 e. The normalized spacial score (nSPS) is 34.2. The molecule has 2 aromatic rings. The fraction of sp³-hybridized carbons (Fsp3) is 0.469. The molecule has 0 spiro atoms. The number of fused-ring (bicyclic) bond motifs is 5. The molecule has 2 N–H and O–H groups in total. The zero-order valence-electron chi connectivity index (χ0n) is 22.9. The Kier molecular flexibility index (Phi) is 6.49. The highest BCUT2D eigenvalue weighted by molar-refractivity contribution is 6.01. The van der Waals surface area contributed by atoms with Gasteiger partial charge in [0.15, 0.2) is 18.2 Å². The van der Waals surface area contributed by atoms with Crippen LogP contribution in [0.25, 0.3) is 11.4 Å². The van der Waals surface area contributed by atoms with E-state index in [1.165, 1.54) is 5.57 Å². The van der Waals surface area contributed by atoms with E-state index < -0.39 is 29.5 Å². The third-order valence-corrected chi connectivity index (χ3v) is 10.5. The van der Waals surface area contributed by atoms with Crippen LogP contribution in [0.5, 0.6) is 0 Å². The third kappa shape index (κ3) is 4.20. The number of carbonyl (C=O) groups excluding carboxylic acids is 3. The number of aliphatic hydroxyl groups is 1. The van der Waals surface area contributed by atoms with Gasteiger partial charge in [0.05, 0.1) is 0 Å². The van der Waals surface area contributed by atoms with E-state index in [1.807, 2.05) is 13.0 Å². The predicted molar refractivity (Wildman–Crippen MR) is 149 cm³/mol. The number of hydrogen-bond acceptors (Lipinski definition) is 7. The number of allylic oxidation sites excluding steroid dienone is 4. The maximum atomic E-state index is 13.4. The van der Waals surface area contributed by atoms with Gasteiger partial charge in [-0.25, -0.2) is 14.8 Å². The van der Waals surface area contributed by atoms with Crippen LogP contribution in [-0.4, -0.2) is 44.9 Å². The Bertz CT molecular complexity index is 1400. The van der Waals surface area contributed by atoms with Crippen molar-refractivity contribution >= 4 is 23.3 Å². The van der Waals surface area contributed by atoms with Crippen molar-refractivity contribution in [2.45, 2.75) is 58.0 Å². The van der Waals surface area contributed by atoms with Gasteiger partial charge < -0.3 is 9.84 Å². The molecule has 1 aromatic carbocycles. The van der Waals surface area contributed by atoms with Crippen LogP contribution in [0, 0.1) is 28.6 Å². The fourth-order valence-electron chi connectivity index (χ4n) is 8.23. The number of nitrogens with one attached hydrogen (secondary N) is 1. The van der Waals surface area contributed by atoms with Crippen molar-refractivity contribution < 1.29 is 24.2 Å². The zero-order chi connectivity index (χ0) is 28.1. The van der Waals surface area contributed by atoms with Crippen molar-refractivity contribution in [1.82, 2.24) is 9.97 Å². The van der Waals surface area contributed by atoms with E-state index in [2.05, 4.69) is 28.3 Å². The first-order valence-electron chi connectivity index (χ1n) is 14.2. The zero-order valence-corrected chi connectivity index (χ0v) is 22.9. The Morgan fingerprint density at radius 1 is 1.05 bits per heavy atom. The first kappa shape index (κ1) is 26.6. The maximum absolute atomic E-state index is 13.4. The number of amides is 1. The van der Waals surface area contributed by atoms with E-state index in [0.29, 0.717) is 29.8 Å². The predicted octanol–water partition coefficient (Wildman–Crippen LogP) is 5.30. The van der Waals surface area contributed by atoms with Gasteiger partial charge in [-0.05, 0) is 98.8 Å². The number of benzene rings is 1. The number of Topliss-reactive ketones (excluding diaryl/α,β-unsaturated/α-hetero) is 1. The Hall–Kier alpha value is -3.65. The average Bonchev–Trinajstić information content (AvgIpc) is 3.24. The van der Waals surface area contributed by atoms with E-state index in [4.69, 9.17) is 4.74 Å². The lowest BCUT2D eigenvalue weighted by Gasteiger charge is -2.57. The number of carbonyl (C=O) groups is 3. The lowest BCUT2D eigenvalue weighted by molar-refractivity contribution is -0.163.